The molecule has 0 saturated heterocycles. The van der Waals surface area contributed by atoms with Gasteiger partial charge in [-0.05, 0) is 23.8 Å². The number of halogens is 5. The minimum atomic E-state index is -4.55. The summed E-state index contributed by atoms with van der Waals surface area (Å²) in [5.41, 5.74) is 6.09. The number of H-pyrrole nitrogens is 1. The standard InChI is InChI=1S/C22H17ClF3N7O2.ClH/c23-16-4-2-1-3-12(16)10-33(11-14-6-5-13(7-28-14)22(24,25)26)21(35)20(34)31-17-9-29-19(27)15-8-30-32-18(15)17;/h1-9H,10-11H2,(H2,27,29)(H,30,32)(H,31,34);1H. The molecule has 0 aliphatic heterocycles. The number of nitrogen functional groups attached to an aromatic ring is 1. The summed E-state index contributed by atoms with van der Waals surface area (Å²) in [7, 11) is 0. The SMILES string of the molecule is Nc1ncc(NC(=O)C(=O)N(Cc2ccc(C(F)(F)F)cn2)Cc2ccccc2Cl)c2[nH]ncc12.[Cl-].[H+]. The van der Waals surface area contributed by atoms with Gasteiger partial charge in [0.1, 0.15) is 5.82 Å². The van der Waals surface area contributed by atoms with Crippen molar-refractivity contribution in [1.82, 2.24) is 25.1 Å². The molecule has 0 aliphatic rings. The number of hydrogen-bond acceptors (Lipinski definition) is 6. The molecular formula is C22H18Cl2F3N7O2. The third-order valence-electron chi connectivity index (χ3n) is 5.07. The van der Waals surface area contributed by atoms with E-state index in [1.165, 1.54) is 12.4 Å². The Morgan fingerprint density at radius 2 is 1.83 bits per heavy atom. The molecule has 0 atom stereocenters. The first kappa shape index (κ1) is 26.7. The maximum atomic E-state index is 13.1. The summed E-state index contributed by atoms with van der Waals surface area (Å²) >= 11 is 6.21. The van der Waals surface area contributed by atoms with E-state index in [0.29, 0.717) is 27.7 Å². The molecule has 3 heterocycles. The van der Waals surface area contributed by atoms with E-state index in [2.05, 4.69) is 25.5 Å². The summed E-state index contributed by atoms with van der Waals surface area (Å²) in [5.74, 6) is -1.78. The van der Waals surface area contributed by atoms with Crippen molar-refractivity contribution in [3.05, 3.63) is 76.8 Å². The fourth-order valence-electron chi connectivity index (χ4n) is 3.28. The van der Waals surface area contributed by atoms with E-state index < -0.39 is 23.6 Å². The zero-order valence-corrected chi connectivity index (χ0v) is 19.7. The fourth-order valence-corrected chi connectivity index (χ4v) is 3.48. The Morgan fingerprint density at radius 1 is 1.08 bits per heavy atom. The average Bonchev–Trinajstić information content (AvgIpc) is 3.32. The minimum absolute atomic E-state index is 0. The second-order valence-electron chi connectivity index (χ2n) is 7.46. The molecule has 0 bridgehead atoms. The van der Waals surface area contributed by atoms with Crippen molar-refractivity contribution < 1.29 is 36.6 Å². The second kappa shape index (κ2) is 10.8. The number of anilines is 2. The number of carbonyl (C=O) groups is 2. The number of nitrogens with two attached hydrogens (primary N) is 1. The summed E-state index contributed by atoms with van der Waals surface area (Å²) in [6.07, 6.45) is -1.18. The van der Waals surface area contributed by atoms with Crippen LogP contribution in [-0.2, 0) is 28.9 Å². The third-order valence-corrected chi connectivity index (χ3v) is 5.44. The van der Waals surface area contributed by atoms with Crippen LogP contribution >= 0.6 is 11.6 Å². The first-order valence-corrected chi connectivity index (χ1v) is 10.4. The van der Waals surface area contributed by atoms with Crippen molar-refractivity contribution >= 4 is 45.8 Å². The number of aromatic amines is 1. The predicted octanol–water partition coefficient (Wildman–Crippen LogP) is 0.891. The van der Waals surface area contributed by atoms with Crippen molar-refractivity contribution in [3.63, 3.8) is 0 Å². The van der Waals surface area contributed by atoms with E-state index in [1.807, 2.05) is 0 Å². The zero-order valence-electron chi connectivity index (χ0n) is 19.2. The number of aromatic nitrogens is 4. The lowest BCUT2D eigenvalue weighted by Gasteiger charge is -2.23. The molecule has 9 nitrogen and oxygen atoms in total. The number of alkyl halides is 3. The number of rotatable bonds is 5. The quantitative estimate of drug-likeness (QED) is 0.323. The Morgan fingerprint density at radius 3 is 2.50 bits per heavy atom. The molecule has 0 spiro atoms. The Hall–Kier alpha value is -3.90. The van der Waals surface area contributed by atoms with Crippen LogP contribution in [0.3, 0.4) is 0 Å². The maximum Gasteiger partial charge on any atom is 1.00 e. The van der Waals surface area contributed by atoms with Gasteiger partial charge in [-0.25, -0.2) is 4.98 Å². The molecule has 0 fully saturated rings. The van der Waals surface area contributed by atoms with Crippen molar-refractivity contribution in [3.8, 4) is 0 Å². The van der Waals surface area contributed by atoms with Crippen LogP contribution in [0.25, 0.3) is 10.9 Å². The molecule has 36 heavy (non-hydrogen) atoms. The fraction of sp³-hybridized carbons (Fsp3) is 0.136. The molecule has 2 amide bonds. The Kier molecular flexibility index (Phi) is 8.00. The number of nitrogens with zero attached hydrogens (tertiary/aromatic N) is 4. The van der Waals surface area contributed by atoms with Crippen molar-refractivity contribution in [1.29, 1.82) is 0 Å². The molecule has 0 aliphatic carbocycles. The number of carbonyl (C=O) groups excluding carboxylic acids is 2. The predicted molar refractivity (Wildman–Crippen MR) is 123 cm³/mol. The second-order valence-corrected chi connectivity index (χ2v) is 7.87. The van der Waals surface area contributed by atoms with Gasteiger partial charge in [0, 0.05) is 17.8 Å². The van der Waals surface area contributed by atoms with E-state index in [4.69, 9.17) is 17.3 Å². The molecule has 0 radical (unpaired) electrons. The third kappa shape index (κ3) is 5.83. The number of benzene rings is 1. The van der Waals surface area contributed by atoms with Gasteiger partial charge in [0.25, 0.3) is 0 Å². The van der Waals surface area contributed by atoms with Crippen LogP contribution in [0.15, 0.2) is 55.0 Å². The topological polar surface area (TPSA) is 130 Å². The molecule has 4 aromatic rings. The first-order valence-electron chi connectivity index (χ1n) is 10.1. The maximum absolute atomic E-state index is 13.1. The van der Waals surface area contributed by atoms with E-state index in [9.17, 15) is 22.8 Å². The van der Waals surface area contributed by atoms with Crippen LogP contribution in [0.2, 0.25) is 5.02 Å². The first-order chi connectivity index (χ1) is 16.6. The van der Waals surface area contributed by atoms with Gasteiger partial charge in [0.15, 0.2) is 0 Å². The van der Waals surface area contributed by atoms with Gasteiger partial charge in [-0.2, -0.15) is 18.3 Å². The normalized spacial score (nSPS) is 11.1. The molecule has 4 rings (SSSR count). The highest BCUT2D eigenvalue weighted by Gasteiger charge is 2.31. The van der Waals surface area contributed by atoms with Gasteiger partial charge in [-0.15, -0.1) is 0 Å². The smallest absolute Gasteiger partial charge is 1.00 e. The molecule has 0 saturated carbocycles. The molecule has 3 aromatic heterocycles. The number of fused-ring (bicyclic) bond motifs is 1. The highest BCUT2D eigenvalue weighted by molar-refractivity contribution is 6.40. The summed E-state index contributed by atoms with van der Waals surface area (Å²) in [5, 5.41) is 9.82. The monoisotopic (exact) mass is 539 g/mol. The Balaban J connectivity index is 0.00000241. The highest BCUT2D eigenvalue weighted by Crippen LogP contribution is 2.29. The largest absolute Gasteiger partial charge is 1.00 e. The van der Waals surface area contributed by atoms with Gasteiger partial charge < -0.3 is 28.4 Å². The van der Waals surface area contributed by atoms with Crippen molar-refractivity contribution in [2.45, 2.75) is 19.3 Å². The minimum Gasteiger partial charge on any atom is -1.00 e. The van der Waals surface area contributed by atoms with E-state index in [-0.39, 0.29) is 44.1 Å². The summed E-state index contributed by atoms with van der Waals surface area (Å²) in [4.78, 5) is 34.9. The molecule has 4 N–H and O–H groups in total. The average molecular weight is 540 g/mol. The highest BCUT2D eigenvalue weighted by atomic mass is 35.5. The van der Waals surface area contributed by atoms with Crippen LogP contribution in [0.5, 0.6) is 0 Å². The van der Waals surface area contributed by atoms with Gasteiger partial charge in [0.2, 0.25) is 0 Å². The lowest BCUT2D eigenvalue weighted by molar-refractivity contribution is -0.144. The van der Waals surface area contributed by atoms with Crippen LogP contribution in [0, 0.1) is 0 Å². The lowest BCUT2D eigenvalue weighted by Crippen LogP contribution is -3.00. The van der Waals surface area contributed by atoms with Crippen molar-refractivity contribution in [2.75, 3.05) is 11.1 Å². The van der Waals surface area contributed by atoms with E-state index in [1.54, 1.807) is 24.3 Å². The summed E-state index contributed by atoms with van der Waals surface area (Å²) in [6.45, 7) is -0.330. The van der Waals surface area contributed by atoms with E-state index in [0.717, 1.165) is 17.0 Å². The van der Waals surface area contributed by atoms with Gasteiger partial charge in [-0.3, -0.25) is 19.7 Å². The summed E-state index contributed by atoms with van der Waals surface area (Å²) < 4.78 is 38.6. The van der Waals surface area contributed by atoms with Crippen LogP contribution in [0.1, 0.15) is 18.2 Å². The van der Waals surface area contributed by atoms with Crippen molar-refractivity contribution in [2.24, 2.45) is 0 Å². The Labute approximate surface area is 214 Å². The molecule has 188 valence electrons. The van der Waals surface area contributed by atoms with E-state index >= 15 is 0 Å². The number of hydrogen-bond donors (Lipinski definition) is 3. The number of nitrogens with one attached hydrogen (secondary N) is 2. The molecular weight excluding hydrogens is 522 g/mol. The zero-order chi connectivity index (χ0) is 25.2. The number of pyridine rings is 2. The lowest BCUT2D eigenvalue weighted by atomic mass is 10.2. The summed E-state index contributed by atoms with van der Waals surface area (Å²) in [6, 6.07) is 8.69. The van der Waals surface area contributed by atoms with Crippen LogP contribution < -0.4 is 23.5 Å². The molecule has 0 unspecified atom stereocenters. The molecule has 14 heteroatoms. The van der Waals surface area contributed by atoms with Gasteiger partial charge in [-0.1, -0.05) is 29.8 Å². The van der Waals surface area contributed by atoms with Crippen LogP contribution in [0.4, 0.5) is 24.7 Å². The Bertz CT molecular complexity index is 1400. The van der Waals surface area contributed by atoms with Gasteiger partial charge >= 0.3 is 19.4 Å². The molecule has 1 aromatic carbocycles. The van der Waals surface area contributed by atoms with Gasteiger partial charge in [0.05, 0.1) is 46.8 Å². The number of amides is 2. The van der Waals surface area contributed by atoms with Crippen LogP contribution in [-0.4, -0.2) is 36.9 Å².